The van der Waals surface area contributed by atoms with Crippen LogP contribution in [0.2, 0.25) is 0 Å². The van der Waals surface area contributed by atoms with E-state index in [9.17, 15) is 34.7 Å². The zero-order valence-corrected chi connectivity index (χ0v) is 48.6. The molecule has 5 unspecified atom stereocenters. The molecule has 1 aliphatic heterocycles. The number of hydrogen-bond acceptors (Lipinski definition) is 11. The molecule has 4 saturated carbocycles. The zero-order chi connectivity index (χ0) is 54.6. The van der Waals surface area contributed by atoms with Gasteiger partial charge < -0.3 is 25.6 Å². The number of aliphatic hydroxyl groups excluding tert-OH is 2. The van der Waals surface area contributed by atoms with Crippen molar-refractivity contribution in [2.75, 3.05) is 39.4 Å². The van der Waals surface area contributed by atoms with Crippen LogP contribution in [0.3, 0.4) is 0 Å². The number of nitrogens with one attached hydrogen (secondary N) is 4. The van der Waals surface area contributed by atoms with Crippen molar-refractivity contribution in [2.24, 2.45) is 51.5 Å². The number of hydrogen-bond donors (Lipinski definition) is 6. The van der Waals surface area contributed by atoms with E-state index < -0.39 is 37.4 Å². The van der Waals surface area contributed by atoms with Crippen LogP contribution in [0.15, 0.2) is 20.9 Å². The molecule has 0 spiro atoms. The number of carbonyl (C=O) groups excluding carboxylic acids is 1. The van der Waals surface area contributed by atoms with Gasteiger partial charge in [-0.25, -0.2) is 14.4 Å². The molecule has 18 heteroatoms. The highest BCUT2D eigenvalue weighted by atomic mass is 31.2. The largest absolute Gasteiger partial charge is 0.405 e. The van der Waals surface area contributed by atoms with Gasteiger partial charge in [0.1, 0.15) is 6.23 Å². The van der Waals surface area contributed by atoms with Gasteiger partial charge >= 0.3 is 13.4 Å². The number of rotatable bonds is 36. The molecule has 1 aromatic heterocycles. The SMILES string of the molecule is CCCCCCCCCCCCCCCCCCOP(=O)(NCCCNCCCNC(=O)CCC(C)[C@H]1CCC2C3CC[C@@H]4C[C@H](O)CC[C@]4(C)C3C[C@H](O)[C@@]21C)OC[C@H]1O[C@@H](n2cc(C)c(=O)[nH]c2=O)C[C@@H]1N=[N+]=[N-]. The number of aliphatic hydroxyl groups is 2. The molecule has 17 nitrogen and oxygen atoms in total. The Hall–Kier alpha value is -2.59. The topological polar surface area (TPSA) is 242 Å². The van der Waals surface area contributed by atoms with Crippen LogP contribution in [-0.2, 0) is 23.1 Å². The van der Waals surface area contributed by atoms with Crippen LogP contribution < -0.4 is 27.0 Å². The minimum Gasteiger partial charge on any atom is -0.393 e. The standard InChI is InChI=1S/C58H103N8O9P/c1-6-7-8-9-10-11-12-13-14-15-16-17-18-19-20-21-36-73-76(72,74-41-51-50(64-65-59)39-54(75-51)66-40-43(3)55(70)63-56(66)71)62-35-23-33-60-32-22-34-61-53(69)29-24-42(2)47-27-28-48-46-26-25-44-37-45(67)30-31-57(44,4)49(46)38-52(68)58(47,48)5/h40,42,44-52,54,60,67-68H,6-39,41H2,1-5H3,(H,61,69)(H,62,72)(H,63,70,71)/t42?,44-,45-,46?,47-,48?,49?,50+,51-,52+,54-,57+,58-,76?/m1/s1. The second kappa shape index (κ2) is 31.4. The smallest absolute Gasteiger partial charge is 0.393 e. The molecule has 1 saturated heterocycles. The predicted molar refractivity (Wildman–Crippen MR) is 301 cm³/mol. The maximum Gasteiger partial charge on any atom is 0.405 e. The Morgan fingerprint density at radius 1 is 0.868 bits per heavy atom. The van der Waals surface area contributed by atoms with Crippen molar-refractivity contribution in [2.45, 2.75) is 251 Å². The van der Waals surface area contributed by atoms with E-state index >= 15 is 0 Å². The van der Waals surface area contributed by atoms with E-state index in [2.05, 4.69) is 58.4 Å². The lowest BCUT2D eigenvalue weighted by atomic mass is 9.43. The van der Waals surface area contributed by atoms with Gasteiger partial charge in [0.05, 0.1) is 37.6 Å². The summed E-state index contributed by atoms with van der Waals surface area (Å²) in [5.74, 6) is 3.12. The number of aromatic amines is 1. The third kappa shape index (κ3) is 17.5. The van der Waals surface area contributed by atoms with Gasteiger partial charge in [-0.3, -0.25) is 28.2 Å². The molecular weight excluding hydrogens is 984 g/mol. The quantitative estimate of drug-likeness (QED) is 0.0121. The fourth-order valence-electron chi connectivity index (χ4n) is 15.0. The van der Waals surface area contributed by atoms with Gasteiger partial charge in [-0.15, -0.1) is 0 Å². The molecule has 5 aliphatic rings. The molecule has 0 aromatic carbocycles. The number of unbranched alkanes of at least 4 members (excludes halogenated alkanes) is 15. The number of nitrogens with zero attached hydrogens (tertiary/aromatic N) is 4. The Balaban J connectivity index is 0.868. The Kier molecular flexibility index (Phi) is 25.9. The fourth-order valence-corrected chi connectivity index (χ4v) is 16.4. The van der Waals surface area contributed by atoms with Crippen molar-refractivity contribution in [3.8, 4) is 0 Å². The summed E-state index contributed by atoms with van der Waals surface area (Å²) in [5, 5.41) is 35.9. The fraction of sp³-hybridized carbons (Fsp3) is 0.914. The van der Waals surface area contributed by atoms with E-state index in [1.165, 1.54) is 113 Å². The second-order valence-corrected chi connectivity index (χ2v) is 26.5. The molecule has 0 bridgehead atoms. The number of H-pyrrole nitrogens is 1. The third-order valence-electron chi connectivity index (χ3n) is 19.5. The molecule has 0 radical (unpaired) electrons. The number of azide groups is 1. The van der Waals surface area contributed by atoms with Crippen LogP contribution in [0, 0.1) is 53.3 Å². The van der Waals surface area contributed by atoms with E-state index in [1.54, 1.807) is 6.92 Å². The number of fused-ring (bicyclic) bond motifs is 5. The van der Waals surface area contributed by atoms with E-state index in [0.717, 1.165) is 64.2 Å². The van der Waals surface area contributed by atoms with Gasteiger partial charge in [0.15, 0.2) is 0 Å². The Labute approximate surface area is 455 Å². The van der Waals surface area contributed by atoms with Gasteiger partial charge in [-0.2, -0.15) is 0 Å². The van der Waals surface area contributed by atoms with Crippen LogP contribution in [0.4, 0.5) is 0 Å². The summed E-state index contributed by atoms with van der Waals surface area (Å²) in [5.41, 5.74) is 8.64. The lowest BCUT2D eigenvalue weighted by Gasteiger charge is -2.62. The first-order valence-electron chi connectivity index (χ1n) is 30.6. The molecular formula is C58H103N8O9P. The van der Waals surface area contributed by atoms with E-state index in [0.29, 0.717) is 80.1 Å². The van der Waals surface area contributed by atoms with Crippen LogP contribution in [-0.4, -0.2) is 89.4 Å². The maximum atomic E-state index is 14.2. The third-order valence-corrected chi connectivity index (χ3v) is 21.2. The number of ether oxygens (including phenoxy) is 1. The average Bonchev–Trinajstić information content (AvgIpc) is 4.06. The highest BCUT2D eigenvalue weighted by molar-refractivity contribution is 7.51. The highest BCUT2D eigenvalue weighted by Crippen LogP contribution is 2.68. The first kappa shape index (κ1) is 62.6. The Bertz CT molecular complexity index is 2120. The van der Waals surface area contributed by atoms with Crippen LogP contribution >= 0.6 is 7.75 Å². The van der Waals surface area contributed by atoms with E-state index in [1.807, 2.05) is 0 Å². The first-order chi connectivity index (χ1) is 36.6. The molecule has 5 fully saturated rings. The molecule has 6 N–H and O–H groups in total. The van der Waals surface area contributed by atoms with Crippen molar-refractivity contribution in [3.05, 3.63) is 43.0 Å². The lowest BCUT2D eigenvalue weighted by Crippen LogP contribution is -2.58. The maximum absolute atomic E-state index is 14.2. The summed E-state index contributed by atoms with van der Waals surface area (Å²) in [4.78, 5) is 43.0. The average molecular weight is 1090 g/mol. The van der Waals surface area contributed by atoms with E-state index in [-0.39, 0.29) is 48.6 Å². The van der Waals surface area contributed by atoms with E-state index in [4.69, 9.17) is 13.8 Å². The molecule has 1 aromatic rings. The molecule has 4 aliphatic carbocycles. The predicted octanol–water partition coefficient (Wildman–Crippen LogP) is 11.7. The molecule has 76 heavy (non-hydrogen) atoms. The molecule has 6 rings (SSSR count). The summed E-state index contributed by atoms with van der Waals surface area (Å²) >= 11 is 0. The van der Waals surface area contributed by atoms with Crippen LogP contribution in [0.1, 0.15) is 226 Å². The highest BCUT2D eigenvalue weighted by Gasteiger charge is 2.63. The Morgan fingerprint density at radius 2 is 1.53 bits per heavy atom. The minimum absolute atomic E-state index is 0.0748. The molecule has 1 amide bonds. The number of carbonyl (C=O) groups is 1. The summed E-state index contributed by atoms with van der Waals surface area (Å²) in [6, 6.07) is -0.711. The van der Waals surface area contributed by atoms with Gasteiger partial charge in [-0.05, 0) is 149 Å². The van der Waals surface area contributed by atoms with Crippen LogP contribution in [0.25, 0.3) is 10.4 Å². The Morgan fingerprint density at radius 3 is 2.20 bits per heavy atom. The minimum atomic E-state index is -3.83. The monoisotopic (exact) mass is 1090 g/mol. The summed E-state index contributed by atoms with van der Waals surface area (Å²) in [7, 11) is -3.83. The molecule has 14 atom stereocenters. The van der Waals surface area contributed by atoms with Crippen molar-refractivity contribution >= 4 is 13.7 Å². The van der Waals surface area contributed by atoms with Crippen LogP contribution in [0.5, 0.6) is 0 Å². The van der Waals surface area contributed by atoms with Gasteiger partial charge in [-0.1, -0.05) is 129 Å². The molecule has 434 valence electrons. The number of aromatic nitrogens is 2. The van der Waals surface area contributed by atoms with Crippen molar-refractivity contribution < 1.29 is 33.4 Å². The zero-order valence-electron chi connectivity index (χ0n) is 47.7. The van der Waals surface area contributed by atoms with Crippen molar-refractivity contribution in [1.82, 2.24) is 25.3 Å². The summed E-state index contributed by atoms with van der Waals surface area (Å²) in [6.07, 6.45) is 30.6. The van der Waals surface area contributed by atoms with Gasteiger partial charge in [0, 0.05) is 42.6 Å². The lowest BCUT2D eigenvalue weighted by molar-refractivity contribution is -0.174. The second-order valence-electron chi connectivity index (χ2n) is 24.7. The number of amides is 1. The van der Waals surface area contributed by atoms with Crippen molar-refractivity contribution in [3.63, 3.8) is 0 Å². The number of aryl methyl sites for hydroxylation is 1. The van der Waals surface area contributed by atoms with Crippen molar-refractivity contribution in [1.29, 1.82) is 0 Å². The van der Waals surface area contributed by atoms with Gasteiger partial charge in [0.2, 0.25) is 5.91 Å². The summed E-state index contributed by atoms with van der Waals surface area (Å²) in [6.45, 7) is 13.3. The normalized spacial score (nSPS) is 31.2. The first-order valence-corrected chi connectivity index (χ1v) is 32.2. The summed E-state index contributed by atoms with van der Waals surface area (Å²) < 4.78 is 33.6. The molecule has 2 heterocycles. The van der Waals surface area contributed by atoms with Gasteiger partial charge in [0.25, 0.3) is 5.56 Å².